The largest absolute Gasteiger partial charge is 0.494 e. The Bertz CT molecular complexity index is 1120. The second kappa shape index (κ2) is 13.7. The van der Waals surface area contributed by atoms with Crippen molar-refractivity contribution in [2.45, 2.75) is 39.2 Å². The SMILES string of the molecule is CCCOc1ccc(NC(=O)CC2C(=O)N(CC)C(=S)N2CCCN2CCN(c3ccc(F)cc3)CC2)cc1. The molecule has 4 rings (SSSR count). The van der Waals surface area contributed by atoms with E-state index in [4.69, 9.17) is 17.0 Å². The summed E-state index contributed by atoms with van der Waals surface area (Å²) in [5.74, 6) is 0.194. The summed E-state index contributed by atoms with van der Waals surface area (Å²) in [5.41, 5.74) is 1.70. The van der Waals surface area contributed by atoms with Crippen molar-refractivity contribution < 1.29 is 18.7 Å². The lowest BCUT2D eigenvalue weighted by Crippen LogP contribution is -2.47. The molecule has 2 fully saturated rings. The molecule has 8 nitrogen and oxygen atoms in total. The Morgan fingerprint density at radius 2 is 1.72 bits per heavy atom. The Balaban J connectivity index is 1.27. The van der Waals surface area contributed by atoms with Gasteiger partial charge in [-0.25, -0.2) is 4.39 Å². The van der Waals surface area contributed by atoms with Gasteiger partial charge in [0.15, 0.2) is 5.11 Å². The van der Waals surface area contributed by atoms with Crippen molar-refractivity contribution in [3.8, 4) is 5.75 Å². The topological polar surface area (TPSA) is 68.4 Å². The van der Waals surface area contributed by atoms with Crippen LogP contribution in [0, 0.1) is 5.82 Å². The minimum absolute atomic E-state index is 0.0416. The molecule has 1 N–H and O–H groups in total. The van der Waals surface area contributed by atoms with Gasteiger partial charge in [0, 0.05) is 50.6 Å². The molecule has 0 saturated carbocycles. The molecule has 2 amide bonds. The zero-order valence-corrected chi connectivity index (χ0v) is 23.6. The van der Waals surface area contributed by atoms with Crippen molar-refractivity contribution in [2.24, 2.45) is 0 Å². The number of rotatable bonds is 12. The molecule has 0 spiro atoms. The van der Waals surface area contributed by atoms with Crippen LogP contribution in [0.5, 0.6) is 5.75 Å². The van der Waals surface area contributed by atoms with E-state index < -0.39 is 6.04 Å². The maximum atomic E-state index is 13.2. The zero-order valence-electron chi connectivity index (χ0n) is 22.8. The van der Waals surface area contributed by atoms with E-state index in [0.29, 0.717) is 30.5 Å². The van der Waals surface area contributed by atoms with Crippen LogP contribution >= 0.6 is 12.2 Å². The fourth-order valence-electron chi connectivity index (χ4n) is 5.02. The Morgan fingerprint density at radius 3 is 2.36 bits per heavy atom. The number of carbonyl (C=O) groups excluding carboxylic acids is 2. The fraction of sp³-hybridized carbons (Fsp3) is 0.483. The molecule has 10 heteroatoms. The number of hydrogen-bond acceptors (Lipinski definition) is 6. The van der Waals surface area contributed by atoms with Gasteiger partial charge in [0.2, 0.25) is 5.91 Å². The Hall–Kier alpha value is -3.24. The lowest BCUT2D eigenvalue weighted by Gasteiger charge is -2.36. The maximum absolute atomic E-state index is 13.2. The smallest absolute Gasteiger partial charge is 0.252 e. The lowest BCUT2D eigenvalue weighted by atomic mass is 10.1. The molecule has 2 aliphatic rings. The molecule has 2 saturated heterocycles. The molecule has 2 aromatic rings. The van der Waals surface area contributed by atoms with Gasteiger partial charge in [-0.05, 0) is 87.1 Å². The number of amides is 2. The summed E-state index contributed by atoms with van der Waals surface area (Å²) < 4.78 is 18.8. The predicted octanol–water partition coefficient (Wildman–Crippen LogP) is 3.97. The van der Waals surface area contributed by atoms with Gasteiger partial charge in [-0.15, -0.1) is 0 Å². The zero-order chi connectivity index (χ0) is 27.8. The van der Waals surface area contributed by atoms with Crippen LogP contribution in [0.1, 0.15) is 33.1 Å². The third kappa shape index (κ3) is 7.45. The number of nitrogens with zero attached hydrogens (tertiary/aromatic N) is 4. The predicted molar refractivity (Wildman–Crippen MR) is 156 cm³/mol. The van der Waals surface area contributed by atoms with Crippen molar-refractivity contribution >= 4 is 40.5 Å². The van der Waals surface area contributed by atoms with Crippen LogP contribution in [0.25, 0.3) is 0 Å². The van der Waals surface area contributed by atoms with Gasteiger partial charge in [-0.1, -0.05) is 6.92 Å². The minimum atomic E-state index is -0.597. The maximum Gasteiger partial charge on any atom is 0.252 e. The highest BCUT2D eigenvalue weighted by Gasteiger charge is 2.42. The van der Waals surface area contributed by atoms with Crippen LogP contribution < -0.4 is 15.0 Å². The summed E-state index contributed by atoms with van der Waals surface area (Å²) in [6, 6.07) is 13.3. The number of likely N-dealkylation sites (N-methyl/N-ethyl adjacent to an activating group) is 1. The summed E-state index contributed by atoms with van der Waals surface area (Å²) in [5, 5.41) is 3.40. The van der Waals surface area contributed by atoms with E-state index in [-0.39, 0.29) is 24.1 Å². The van der Waals surface area contributed by atoms with Crippen molar-refractivity contribution in [3.05, 3.63) is 54.3 Å². The molecule has 2 aliphatic heterocycles. The molecule has 2 heterocycles. The van der Waals surface area contributed by atoms with Gasteiger partial charge in [0.25, 0.3) is 5.91 Å². The first-order valence-corrected chi connectivity index (χ1v) is 14.2. The van der Waals surface area contributed by atoms with E-state index in [1.54, 1.807) is 17.0 Å². The minimum Gasteiger partial charge on any atom is -0.494 e. The van der Waals surface area contributed by atoms with Gasteiger partial charge in [-0.3, -0.25) is 19.4 Å². The molecule has 2 aromatic carbocycles. The van der Waals surface area contributed by atoms with Crippen LogP contribution in [0.3, 0.4) is 0 Å². The average molecular weight is 556 g/mol. The first kappa shape index (κ1) is 28.8. The van der Waals surface area contributed by atoms with E-state index in [9.17, 15) is 14.0 Å². The highest BCUT2D eigenvalue weighted by molar-refractivity contribution is 7.80. The number of nitrogens with one attached hydrogen (secondary N) is 1. The van der Waals surface area contributed by atoms with Crippen LogP contribution in [0.2, 0.25) is 0 Å². The fourth-order valence-corrected chi connectivity index (χ4v) is 5.46. The summed E-state index contributed by atoms with van der Waals surface area (Å²) in [6.07, 6.45) is 1.80. The van der Waals surface area contributed by atoms with E-state index in [2.05, 4.69) is 15.1 Å². The van der Waals surface area contributed by atoms with Crippen LogP contribution in [-0.2, 0) is 9.59 Å². The van der Waals surface area contributed by atoms with Crippen LogP contribution in [0.4, 0.5) is 15.8 Å². The molecule has 0 aromatic heterocycles. The first-order chi connectivity index (χ1) is 18.9. The first-order valence-electron chi connectivity index (χ1n) is 13.8. The third-order valence-corrected chi connectivity index (χ3v) is 7.60. The number of halogens is 1. The van der Waals surface area contributed by atoms with E-state index >= 15 is 0 Å². The van der Waals surface area contributed by atoms with E-state index in [1.807, 2.05) is 43.0 Å². The van der Waals surface area contributed by atoms with E-state index in [0.717, 1.165) is 57.0 Å². The monoisotopic (exact) mass is 555 g/mol. The van der Waals surface area contributed by atoms with Crippen molar-refractivity contribution in [2.75, 3.05) is 62.6 Å². The standard InChI is InChI=1S/C29H38FN5O3S/c1-3-20-38-25-12-8-23(9-13-25)31-27(36)21-26-28(37)34(4-2)29(39)35(26)15-5-14-32-16-18-33(19-17-32)24-10-6-22(30)7-11-24/h6-13,26H,3-5,14-21H2,1-2H3,(H,31,36). The Labute approximate surface area is 235 Å². The molecule has 1 unspecified atom stereocenters. The summed E-state index contributed by atoms with van der Waals surface area (Å²) in [7, 11) is 0. The van der Waals surface area contributed by atoms with Crippen molar-refractivity contribution in [3.63, 3.8) is 0 Å². The van der Waals surface area contributed by atoms with E-state index in [1.165, 1.54) is 12.1 Å². The molecule has 0 aliphatic carbocycles. The second-order valence-corrected chi connectivity index (χ2v) is 10.2. The molecule has 210 valence electrons. The number of piperazine rings is 1. The summed E-state index contributed by atoms with van der Waals surface area (Å²) >= 11 is 5.63. The number of hydrogen-bond donors (Lipinski definition) is 1. The van der Waals surface area contributed by atoms with Gasteiger partial charge >= 0.3 is 0 Å². The van der Waals surface area contributed by atoms with Crippen LogP contribution in [-0.4, -0.2) is 90.1 Å². The van der Waals surface area contributed by atoms with Crippen LogP contribution in [0.15, 0.2) is 48.5 Å². The molecule has 39 heavy (non-hydrogen) atoms. The molecular formula is C29H38FN5O3S. The highest BCUT2D eigenvalue weighted by atomic mass is 32.1. The normalized spacial score (nSPS) is 18.1. The van der Waals surface area contributed by atoms with Gasteiger partial charge in [0.05, 0.1) is 13.0 Å². The van der Waals surface area contributed by atoms with Gasteiger partial charge < -0.3 is 19.9 Å². The Kier molecular flexibility index (Phi) is 10.1. The molecule has 0 bridgehead atoms. The van der Waals surface area contributed by atoms with Crippen molar-refractivity contribution in [1.82, 2.24) is 14.7 Å². The molecule has 0 radical (unpaired) electrons. The van der Waals surface area contributed by atoms with Gasteiger partial charge in [-0.2, -0.15) is 0 Å². The number of ether oxygens (including phenoxy) is 1. The molecular weight excluding hydrogens is 517 g/mol. The Morgan fingerprint density at radius 1 is 1.03 bits per heavy atom. The third-order valence-electron chi connectivity index (χ3n) is 7.15. The highest BCUT2D eigenvalue weighted by Crippen LogP contribution is 2.23. The lowest BCUT2D eigenvalue weighted by molar-refractivity contribution is -0.130. The quantitative estimate of drug-likeness (QED) is 0.398. The average Bonchev–Trinajstić information content (AvgIpc) is 3.16. The van der Waals surface area contributed by atoms with Crippen molar-refractivity contribution in [1.29, 1.82) is 0 Å². The summed E-state index contributed by atoms with van der Waals surface area (Å²) in [6.45, 7) is 10.1. The molecule has 1 atom stereocenters. The van der Waals surface area contributed by atoms with Gasteiger partial charge in [0.1, 0.15) is 17.6 Å². The number of thiocarbonyl (C=S) groups is 1. The second-order valence-electron chi connectivity index (χ2n) is 9.86. The summed E-state index contributed by atoms with van der Waals surface area (Å²) in [4.78, 5) is 34.2. The number of carbonyl (C=O) groups is 2. The number of anilines is 2. The number of benzene rings is 2.